The molecule has 0 aliphatic heterocycles. The first-order chi connectivity index (χ1) is 22.3. The molecule has 0 aliphatic rings. The van der Waals surface area contributed by atoms with Crippen LogP contribution in [0.3, 0.4) is 0 Å². The summed E-state index contributed by atoms with van der Waals surface area (Å²) < 4.78 is 4.74. The number of fused-ring (bicyclic) bond motifs is 6. The molecular formula is C42H29N3. The molecule has 0 saturated heterocycles. The number of para-hydroxylation sites is 5. The maximum Gasteiger partial charge on any atom is 0.0541 e. The van der Waals surface area contributed by atoms with E-state index in [1.807, 2.05) is 6.07 Å². The lowest BCUT2D eigenvalue weighted by Gasteiger charge is -2.16. The molecule has 0 aliphatic carbocycles. The molecule has 0 saturated carbocycles. The molecule has 45 heavy (non-hydrogen) atoms. The topological polar surface area (TPSA) is 35.9 Å². The van der Waals surface area contributed by atoms with Crippen molar-refractivity contribution in [3.8, 4) is 33.6 Å². The SMILES string of the molecule is Nc1ccc(-n2c3ccccc3c3ccccc32)cc1-c1cccc(-c2ccccc2-n2c3ccccc3c3ccccc32)c1. The molecule has 0 bridgehead atoms. The molecule has 0 spiro atoms. The second-order valence-electron chi connectivity index (χ2n) is 11.6. The first-order valence-corrected chi connectivity index (χ1v) is 15.3. The van der Waals surface area contributed by atoms with Crippen LogP contribution in [0.4, 0.5) is 5.69 Å². The molecule has 7 aromatic carbocycles. The molecule has 0 fully saturated rings. The fourth-order valence-corrected chi connectivity index (χ4v) is 7.08. The minimum absolute atomic E-state index is 0.757. The second kappa shape index (κ2) is 10.0. The first kappa shape index (κ1) is 25.4. The van der Waals surface area contributed by atoms with Crippen molar-refractivity contribution in [3.63, 3.8) is 0 Å². The molecule has 0 unspecified atom stereocenters. The van der Waals surface area contributed by atoms with Gasteiger partial charge in [0, 0.05) is 44.0 Å². The second-order valence-corrected chi connectivity index (χ2v) is 11.6. The molecule has 2 aromatic heterocycles. The van der Waals surface area contributed by atoms with Crippen LogP contribution in [0.25, 0.3) is 77.2 Å². The predicted molar refractivity (Wildman–Crippen MR) is 190 cm³/mol. The minimum atomic E-state index is 0.757. The van der Waals surface area contributed by atoms with Gasteiger partial charge in [-0.3, -0.25) is 0 Å². The van der Waals surface area contributed by atoms with E-state index >= 15 is 0 Å². The third-order valence-electron chi connectivity index (χ3n) is 9.08. The van der Waals surface area contributed by atoms with Crippen molar-refractivity contribution >= 4 is 49.3 Å². The van der Waals surface area contributed by atoms with Crippen molar-refractivity contribution in [2.75, 3.05) is 5.73 Å². The van der Waals surface area contributed by atoms with Crippen LogP contribution in [-0.4, -0.2) is 9.13 Å². The van der Waals surface area contributed by atoms with Gasteiger partial charge in [0.2, 0.25) is 0 Å². The van der Waals surface area contributed by atoms with Crippen molar-refractivity contribution in [2.45, 2.75) is 0 Å². The summed E-state index contributed by atoms with van der Waals surface area (Å²) in [6, 6.07) is 58.4. The van der Waals surface area contributed by atoms with E-state index in [1.54, 1.807) is 0 Å². The summed E-state index contributed by atoms with van der Waals surface area (Å²) in [4.78, 5) is 0. The zero-order valence-electron chi connectivity index (χ0n) is 24.6. The predicted octanol–water partition coefficient (Wildman–Crippen LogP) is 10.8. The molecule has 3 heteroatoms. The summed E-state index contributed by atoms with van der Waals surface area (Å²) in [6.07, 6.45) is 0. The Balaban J connectivity index is 1.22. The van der Waals surface area contributed by atoms with Crippen molar-refractivity contribution < 1.29 is 0 Å². The van der Waals surface area contributed by atoms with Crippen molar-refractivity contribution in [2.24, 2.45) is 0 Å². The molecular weight excluding hydrogens is 546 g/mol. The van der Waals surface area contributed by atoms with E-state index in [-0.39, 0.29) is 0 Å². The van der Waals surface area contributed by atoms with Gasteiger partial charge in [-0.15, -0.1) is 0 Å². The maximum atomic E-state index is 6.71. The van der Waals surface area contributed by atoms with Crippen LogP contribution in [0.1, 0.15) is 0 Å². The Morgan fingerprint density at radius 2 is 0.822 bits per heavy atom. The number of nitrogens with two attached hydrogens (primary N) is 1. The van der Waals surface area contributed by atoms with Crippen molar-refractivity contribution in [1.82, 2.24) is 9.13 Å². The molecule has 0 radical (unpaired) electrons. The van der Waals surface area contributed by atoms with Gasteiger partial charge in [-0.05, 0) is 65.7 Å². The number of benzene rings is 7. The molecule has 2 heterocycles. The average molecular weight is 576 g/mol. The molecule has 2 N–H and O–H groups in total. The quantitative estimate of drug-likeness (QED) is 0.208. The molecule has 0 amide bonds. The van der Waals surface area contributed by atoms with Crippen LogP contribution in [0.15, 0.2) is 164 Å². The van der Waals surface area contributed by atoms with E-state index in [0.29, 0.717) is 0 Å². The highest BCUT2D eigenvalue weighted by atomic mass is 15.0. The Kier molecular flexibility index (Phi) is 5.66. The van der Waals surface area contributed by atoms with Crippen LogP contribution in [0.2, 0.25) is 0 Å². The summed E-state index contributed by atoms with van der Waals surface area (Å²) >= 11 is 0. The number of rotatable bonds is 4. The number of nitrogen functional groups attached to an aromatic ring is 1. The van der Waals surface area contributed by atoms with Gasteiger partial charge in [0.05, 0.1) is 27.8 Å². The Hall–Kier alpha value is -6.06. The number of hydrogen-bond acceptors (Lipinski definition) is 1. The highest BCUT2D eigenvalue weighted by Crippen LogP contribution is 2.39. The highest BCUT2D eigenvalue weighted by molar-refractivity contribution is 6.10. The monoisotopic (exact) mass is 575 g/mol. The third-order valence-corrected chi connectivity index (χ3v) is 9.08. The molecule has 9 aromatic rings. The lowest BCUT2D eigenvalue weighted by molar-refractivity contribution is 1.18. The van der Waals surface area contributed by atoms with Crippen LogP contribution < -0.4 is 5.73 Å². The Morgan fingerprint density at radius 3 is 1.40 bits per heavy atom. The van der Waals surface area contributed by atoms with Gasteiger partial charge in [-0.25, -0.2) is 0 Å². The summed E-state index contributed by atoms with van der Waals surface area (Å²) in [5.41, 5.74) is 18.9. The Labute approximate surface area is 261 Å². The lowest BCUT2D eigenvalue weighted by Crippen LogP contribution is -1.98. The standard InChI is InChI=1S/C42H29N3/c43-37-25-24-30(44-39-20-7-2-15-32(39)33-16-3-8-21-40(33)44)27-36(37)29-13-11-12-28(26-29)31-14-1-6-19-38(31)45-41-22-9-4-17-34(41)35-18-5-10-23-42(35)45/h1-27H,43H2. The van der Waals surface area contributed by atoms with E-state index in [1.165, 1.54) is 49.2 Å². The molecule has 0 atom stereocenters. The van der Waals surface area contributed by atoms with Crippen molar-refractivity contribution in [3.05, 3.63) is 164 Å². The summed E-state index contributed by atoms with van der Waals surface area (Å²) in [7, 11) is 0. The smallest absolute Gasteiger partial charge is 0.0541 e. The fraction of sp³-hybridized carbons (Fsp3) is 0. The van der Waals surface area contributed by atoms with Gasteiger partial charge in [0.1, 0.15) is 0 Å². The van der Waals surface area contributed by atoms with E-state index in [9.17, 15) is 0 Å². The van der Waals surface area contributed by atoms with E-state index < -0.39 is 0 Å². The summed E-state index contributed by atoms with van der Waals surface area (Å²) in [5.74, 6) is 0. The zero-order valence-corrected chi connectivity index (χ0v) is 24.6. The van der Waals surface area contributed by atoms with Crippen LogP contribution in [0.5, 0.6) is 0 Å². The first-order valence-electron chi connectivity index (χ1n) is 15.3. The van der Waals surface area contributed by atoms with Crippen molar-refractivity contribution in [1.29, 1.82) is 0 Å². The van der Waals surface area contributed by atoms with E-state index in [0.717, 1.165) is 33.8 Å². The molecule has 3 nitrogen and oxygen atoms in total. The van der Waals surface area contributed by atoms with Gasteiger partial charge in [-0.2, -0.15) is 0 Å². The van der Waals surface area contributed by atoms with E-state index in [2.05, 4.69) is 167 Å². The van der Waals surface area contributed by atoms with Gasteiger partial charge >= 0.3 is 0 Å². The summed E-state index contributed by atoms with van der Waals surface area (Å²) in [5, 5.41) is 5.00. The normalized spacial score (nSPS) is 11.6. The number of hydrogen-bond donors (Lipinski definition) is 1. The van der Waals surface area contributed by atoms with Crippen LogP contribution in [-0.2, 0) is 0 Å². The van der Waals surface area contributed by atoms with Crippen LogP contribution >= 0.6 is 0 Å². The summed E-state index contributed by atoms with van der Waals surface area (Å²) in [6.45, 7) is 0. The fourth-order valence-electron chi connectivity index (χ4n) is 7.08. The molecule has 212 valence electrons. The van der Waals surface area contributed by atoms with Gasteiger partial charge < -0.3 is 14.9 Å². The number of anilines is 1. The zero-order chi connectivity index (χ0) is 29.9. The van der Waals surface area contributed by atoms with Gasteiger partial charge in [-0.1, -0.05) is 109 Å². The highest BCUT2D eigenvalue weighted by Gasteiger charge is 2.17. The third kappa shape index (κ3) is 3.91. The minimum Gasteiger partial charge on any atom is -0.398 e. The maximum absolute atomic E-state index is 6.71. The average Bonchev–Trinajstić information content (AvgIpc) is 3.62. The lowest BCUT2D eigenvalue weighted by atomic mass is 9.96. The largest absolute Gasteiger partial charge is 0.398 e. The number of nitrogens with zero attached hydrogens (tertiary/aromatic N) is 2. The molecule has 9 rings (SSSR count). The van der Waals surface area contributed by atoms with Crippen LogP contribution in [0, 0.1) is 0 Å². The van der Waals surface area contributed by atoms with Gasteiger partial charge in [0.25, 0.3) is 0 Å². The van der Waals surface area contributed by atoms with E-state index in [4.69, 9.17) is 5.73 Å². The Morgan fingerprint density at radius 1 is 0.356 bits per heavy atom. The Bertz CT molecular complexity index is 2460. The number of aromatic nitrogens is 2. The van der Waals surface area contributed by atoms with Gasteiger partial charge in [0.15, 0.2) is 0 Å².